The highest BCUT2D eigenvalue weighted by Crippen LogP contribution is 2.33. The normalized spacial score (nSPS) is 15.9. The van der Waals surface area contributed by atoms with Crippen LogP contribution in [0.3, 0.4) is 0 Å². The van der Waals surface area contributed by atoms with Gasteiger partial charge in [-0.25, -0.2) is 0 Å². The average molecular weight is 417 g/mol. The van der Waals surface area contributed by atoms with Crippen LogP contribution in [0.15, 0.2) is 47.6 Å². The van der Waals surface area contributed by atoms with E-state index in [2.05, 4.69) is 66.6 Å². The number of thioether (sulfide) groups is 1. The van der Waals surface area contributed by atoms with Crippen LogP contribution in [0.1, 0.15) is 29.2 Å². The Morgan fingerprint density at radius 1 is 1.07 bits per heavy atom. The first-order valence-corrected chi connectivity index (χ1v) is 11.2. The zero-order chi connectivity index (χ0) is 21.0. The number of fused-ring (bicyclic) bond motifs is 4. The van der Waals surface area contributed by atoms with E-state index in [-0.39, 0.29) is 11.9 Å². The van der Waals surface area contributed by atoms with Crippen LogP contribution in [0.2, 0.25) is 0 Å². The Bertz CT molecular complexity index is 1310. The number of aryl methyl sites for hydroxylation is 3. The van der Waals surface area contributed by atoms with Crippen molar-refractivity contribution < 1.29 is 4.79 Å². The minimum Gasteiger partial charge on any atom is -0.308 e. The predicted molar refractivity (Wildman–Crippen MR) is 123 cm³/mol. The molecule has 0 spiro atoms. The van der Waals surface area contributed by atoms with Gasteiger partial charge in [-0.15, -0.1) is 10.2 Å². The Morgan fingerprint density at radius 2 is 1.80 bits per heavy atom. The Hall–Kier alpha value is -2.86. The summed E-state index contributed by atoms with van der Waals surface area (Å²) >= 11 is 1.46. The molecule has 2 aromatic heterocycles. The van der Waals surface area contributed by atoms with Crippen LogP contribution in [0, 0.1) is 20.8 Å². The first-order chi connectivity index (χ1) is 14.4. The monoisotopic (exact) mass is 416 g/mol. The van der Waals surface area contributed by atoms with Crippen LogP contribution in [0.25, 0.3) is 16.6 Å². The molecule has 152 valence electrons. The summed E-state index contributed by atoms with van der Waals surface area (Å²) in [7, 11) is 0. The van der Waals surface area contributed by atoms with Crippen LogP contribution in [0.4, 0.5) is 5.69 Å². The van der Waals surface area contributed by atoms with Crippen molar-refractivity contribution in [3.05, 3.63) is 64.7 Å². The lowest BCUT2D eigenvalue weighted by molar-refractivity contribution is -0.116. The van der Waals surface area contributed by atoms with Gasteiger partial charge in [0.25, 0.3) is 0 Å². The second-order valence-corrected chi connectivity index (χ2v) is 9.14. The lowest BCUT2D eigenvalue weighted by atomic mass is 10.0. The van der Waals surface area contributed by atoms with Gasteiger partial charge in [0.15, 0.2) is 10.8 Å². The number of carbonyl (C=O) groups is 1. The van der Waals surface area contributed by atoms with E-state index in [9.17, 15) is 4.79 Å². The van der Waals surface area contributed by atoms with Crippen LogP contribution in [-0.4, -0.2) is 32.3 Å². The summed E-state index contributed by atoms with van der Waals surface area (Å²) < 4.78 is 2.09. The fourth-order valence-corrected chi connectivity index (χ4v) is 5.21. The van der Waals surface area contributed by atoms with E-state index in [4.69, 9.17) is 0 Å². The van der Waals surface area contributed by atoms with Gasteiger partial charge in [-0.2, -0.15) is 0 Å². The van der Waals surface area contributed by atoms with Gasteiger partial charge in [-0.05, 0) is 86.0 Å². The van der Waals surface area contributed by atoms with Gasteiger partial charge in [0, 0.05) is 11.7 Å². The molecule has 5 nitrogen and oxygen atoms in total. The van der Waals surface area contributed by atoms with Crippen molar-refractivity contribution in [3.8, 4) is 0 Å². The van der Waals surface area contributed by atoms with E-state index in [0.717, 1.165) is 39.4 Å². The first kappa shape index (κ1) is 19.1. The summed E-state index contributed by atoms with van der Waals surface area (Å²) in [6.45, 7) is 8.41. The summed E-state index contributed by atoms with van der Waals surface area (Å²) in [5.41, 5.74) is 7.78. The average Bonchev–Trinajstić information content (AvgIpc) is 3.29. The van der Waals surface area contributed by atoms with Gasteiger partial charge in [0.05, 0.1) is 11.3 Å². The van der Waals surface area contributed by atoms with Crippen molar-refractivity contribution in [2.45, 2.75) is 45.3 Å². The quantitative estimate of drug-likeness (QED) is 0.447. The van der Waals surface area contributed by atoms with Gasteiger partial charge in [-0.1, -0.05) is 30.0 Å². The molecule has 0 N–H and O–H groups in total. The third-order valence-corrected chi connectivity index (χ3v) is 6.96. The lowest BCUT2D eigenvalue weighted by Crippen LogP contribution is -2.37. The van der Waals surface area contributed by atoms with Gasteiger partial charge in [-0.3, -0.25) is 9.20 Å². The maximum absolute atomic E-state index is 13.1. The molecule has 30 heavy (non-hydrogen) atoms. The van der Waals surface area contributed by atoms with Crippen molar-refractivity contribution in [1.29, 1.82) is 0 Å². The number of amides is 1. The molecule has 0 radical (unpaired) electrons. The van der Waals surface area contributed by atoms with E-state index >= 15 is 0 Å². The van der Waals surface area contributed by atoms with E-state index in [1.807, 2.05) is 23.1 Å². The van der Waals surface area contributed by atoms with Crippen molar-refractivity contribution in [2.75, 3.05) is 10.7 Å². The van der Waals surface area contributed by atoms with Crippen LogP contribution < -0.4 is 4.90 Å². The molecule has 0 aliphatic carbocycles. The highest BCUT2D eigenvalue weighted by molar-refractivity contribution is 7.99. The van der Waals surface area contributed by atoms with Crippen LogP contribution in [-0.2, 0) is 11.2 Å². The zero-order valence-electron chi connectivity index (χ0n) is 17.6. The number of rotatable bonds is 3. The number of anilines is 1. The predicted octanol–water partition coefficient (Wildman–Crippen LogP) is 4.88. The minimum atomic E-state index is 0.109. The maximum Gasteiger partial charge on any atom is 0.237 e. The van der Waals surface area contributed by atoms with Crippen molar-refractivity contribution >= 4 is 39.9 Å². The molecule has 5 rings (SSSR count). The molecule has 6 heteroatoms. The fourth-order valence-electron chi connectivity index (χ4n) is 4.41. The third-order valence-electron chi connectivity index (χ3n) is 6.04. The van der Waals surface area contributed by atoms with Gasteiger partial charge in [0.1, 0.15) is 0 Å². The molecule has 1 atom stereocenters. The Kier molecular flexibility index (Phi) is 4.54. The molecule has 0 fully saturated rings. The fraction of sp³-hybridized carbons (Fsp3) is 0.292. The van der Waals surface area contributed by atoms with Crippen molar-refractivity contribution in [3.63, 3.8) is 0 Å². The summed E-state index contributed by atoms with van der Waals surface area (Å²) in [4.78, 5) is 15.1. The highest BCUT2D eigenvalue weighted by atomic mass is 32.2. The molecule has 2 aromatic carbocycles. The summed E-state index contributed by atoms with van der Waals surface area (Å²) in [6.07, 6.45) is 0.906. The standard InChI is InChI=1S/C24H24N4OS/c1-14-9-19-10-16(3)23-25-26-24(28(23)21(19)11-15(14)2)30-13-22(29)27-17(4)12-18-7-5-6-8-20(18)27/h5-11,17H,12-13H2,1-4H3/t17-/m1/s1. The van der Waals surface area contributed by atoms with E-state index in [1.165, 1.54) is 28.5 Å². The van der Waals surface area contributed by atoms with E-state index in [0.29, 0.717) is 5.75 Å². The van der Waals surface area contributed by atoms with Gasteiger partial charge < -0.3 is 4.90 Å². The Morgan fingerprint density at radius 3 is 2.63 bits per heavy atom. The number of hydrogen-bond acceptors (Lipinski definition) is 4. The molecular formula is C24H24N4OS. The number of nitrogens with zero attached hydrogens (tertiary/aromatic N) is 4. The molecule has 0 saturated heterocycles. The van der Waals surface area contributed by atoms with Crippen LogP contribution in [0.5, 0.6) is 0 Å². The second kappa shape index (κ2) is 7.13. The van der Waals surface area contributed by atoms with Crippen LogP contribution >= 0.6 is 11.8 Å². The number of aromatic nitrogens is 3. The number of benzene rings is 2. The second-order valence-electron chi connectivity index (χ2n) is 8.20. The summed E-state index contributed by atoms with van der Waals surface area (Å²) in [5, 5.41) is 10.8. The number of pyridine rings is 1. The highest BCUT2D eigenvalue weighted by Gasteiger charge is 2.30. The Balaban J connectivity index is 1.49. The molecule has 0 saturated carbocycles. The van der Waals surface area contributed by atoms with Crippen molar-refractivity contribution in [1.82, 2.24) is 14.6 Å². The maximum atomic E-state index is 13.1. The molecule has 4 aromatic rings. The molecule has 1 aliphatic heterocycles. The van der Waals surface area contributed by atoms with E-state index < -0.39 is 0 Å². The summed E-state index contributed by atoms with van der Waals surface area (Å²) in [5.74, 6) is 0.443. The number of hydrogen-bond donors (Lipinski definition) is 0. The van der Waals surface area contributed by atoms with Gasteiger partial charge in [0.2, 0.25) is 5.91 Å². The molecular weight excluding hydrogens is 392 g/mol. The lowest BCUT2D eigenvalue weighted by Gasteiger charge is -2.22. The topological polar surface area (TPSA) is 50.5 Å². The number of para-hydroxylation sites is 1. The Labute approximate surface area is 180 Å². The van der Waals surface area contributed by atoms with E-state index in [1.54, 1.807) is 0 Å². The minimum absolute atomic E-state index is 0.109. The SMILES string of the molecule is Cc1cc2cc(C)c3nnc(SCC(=O)N4c5ccccc5C[C@H]4C)n3c2cc1C. The molecule has 1 aliphatic rings. The molecule has 3 heterocycles. The summed E-state index contributed by atoms with van der Waals surface area (Å²) in [6, 6.07) is 14.9. The number of carbonyl (C=O) groups excluding carboxylic acids is 1. The smallest absolute Gasteiger partial charge is 0.237 e. The first-order valence-electron chi connectivity index (χ1n) is 10.2. The zero-order valence-corrected chi connectivity index (χ0v) is 18.5. The third kappa shape index (κ3) is 2.98. The van der Waals surface area contributed by atoms with Crippen molar-refractivity contribution in [2.24, 2.45) is 0 Å². The molecule has 0 unspecified atom stereocenters. The molecule has 1 amide bonds. The largest absolute Gasteiger partial charge is 0.308 e. The van der Waals surface area contributed by atoms with Gasteiger partial charge >= 0.3 is 0 Å². The molecule has 0 bridgehead atoms.